The number of hydrogen-bond donors (Lipinski definition) is 1. The van der Waals surface area contributed by atoms with Crippen molar-refractivity contribution in [1.29, 1.82) is 0 Å². The summed E-state index contributed by atoms with van der Waals surface area (Å²) in [6, 6.07) is 4.69. The lowest BCUT2D eigenvalue weighted by atomic mass is 9.95. The van der Waals surface area contributed by atoms with Crippen LogP contribution in [0, 0.1) is 5.92 Å². The summed E-state index contributed by atoms with van der Waals surface area (Å²) < 4.78 is 1.06. The van der Waals surface area contributed by atoms with Crippen molar-refractivity contribution in [3.63, 3.8) is 0 Å². The van der Waals surface area contributed by atoms with Gasteiger partial charge in [-0.25, -0.2) is 0 Å². The van der Waals surface area contributed by atoms with Gasteiger partial charge in [-0.15, -0.1) is 0 Å². The van der Waals surface area contributed by atoms with Crippen LogP contribution in [0.1, 0.15) is 50.8 Å². The summed E-state index contributed by atoms with van der Waals surface area (Å²) in [6.07, 6.45) is 8.54. The molecule has 94 valence electrons. The SMILES string of the molecule is CCCNC(c1ccc(Br)cn1)C1CCCC1. The van der Waals surface area contributed by atoms with Gasteiger partial charge in [-0.05, 0) is 59.8 Å². The van der Waals surface area contributed by atoms with Crippen molar-refractivity contribution in [3.05, 3.63) is 28.5 Å². The molecule has 1 atom stereocenters. The molecule has 2 nitrogen and oxygen atoms in total. The van der Waals surface area contributed by atoms with Crippen LogP contribution in [0.4, 0.5) is 0 Å². The van der Waals surface area contributed by atoms with Crippen molar-refractivity contribution >= 4 is 15.9 Å². The molecule has 17 heavy (non-hydrogen) atoms. The van der Waals surface area contributed by atoms with Gasteiger partial charge in [0.05, 0.1) is 11.7 Å². The number of nitrogens with one attached hydrogen (secondary N) is 1. The largest absolute Gasteiger partial charge is 0.308 e. The Morgan fingerprint density at radius 2 is 2.18 bits per heavy atom. The first-order chi connectivity index (χ1) is 8.31. The molecular formula is C14H21BrN2. The fraction of sp³-hybridized carbons (Fsp3) is 0.643. The second kappa shape index (κ2) is 6.50. The second-order valence-electron chi connectivity index (χ2n) is 4.88. The third-order valence-electron chi connectivity index (χ3n) is 3.55. The van der Waals surface area contributed by atoms with Crippen molar-refractivity contribution in [2.24, 2.45) is 5.92 Å². The van der Waals surface area contributed by atoms with Gasteiger partial charge in [-0.1, -0.05) is 19.8 Å². The molecule has 0 bridgehead atoms. The highest BCUT2D eigenvalue weighted by Gasteiger charge is 2.26. The summed E-state index contributed by atoms with van der Waals surface area (Å²) in [6.45, 7) is 3.30. The molecule has 1 aromatic heterocycles. The Labute approximate surface area is 112 Å². The summed E-state index contributed by atoms with van der Waals surface area (Å²) in [4.78, 5) is 4.57. The van der Waals surface area contributed by atoms with Crippen LogP contribution in [-0.2, 0) is 0 Å². The minimum Gasteiger partial charge on any atom is -0.308 e. The molecular weight excluding hydrogens is 276 g/mol. The van der Waals surface area contributed by atoms with Crippen molar-refractivity contribution < 1.29 is 0 Å². The predicted molar refractivity (Wildman–Crippen MR) is 74.9 cm³/mol. The van der Waals surface area contributed by atoms with Gasteiger partial charge in [-0.3, -0.25) is 4.98 Å². The first-order valence-corrected chi connectivity index (χ1v) is 7.45. The molecule has 1 N–H and O–H groups in total. The van der Waals surface area contributed by atoms with Crippen LogP contribution in [0.3, 0.4) is 0 Å². The molecule has 1 fully saturated rings. The Morgan fingerprint density at radius 1 is 1.41 bits per heavy atom. The standard InChI is InChI=1S/C14H21BrN2/c1-2-9-16-14(11-5-3-4-6-11)13-8-7-12(15)10-17-13/h7-8,10-11,14,16H,2-6,9H2,1H3. The van der Waals surface area contributed by atoms with E-state index >= 15 is 0 Å². The van der Waals surface area contributed by atoms with Gasteiger partial charge in [0.25, 0.3) is 0 Å². The molecule has 3 heteroatoms. The van der Waals surface area contributed by atoms with Crippen molar-refractivity contribution in [1.82, 2.24) is 10.3 Å². The Hall–Kier alpha value is -0.410. The molecule has 1 aromatic rings. The summed E-state index contributed by atoms with van der Waals surface area (Å²) in [5.74, 6) is 0.773. The first kappa shape index (κ1) is 13.0. The Morgan fingerprint density at radius 3 is 2.76 bits per heavy atom. The van der Waals surface area contributed by atoms with Crippen LogP contribution in [0.25, 0.3) is 0 Å². The lowest BCUT2D eigenvalue weighted by molar-refractivity contribution is 0.361. The van der Waals surface area contributed by atoms with E-state index in [4.69, 9.17) is 0 Å². The molecule has 1 heterocycles. The highest BCUT2D eigenvalue weighted by atomic mass is 79.9. The van der Waals surface area contributed by atoms with E-state index in [-0.39, 0.29) is 0 Å². The first-order valence-electron chi connectivity index (χ1n) is 6.66. The molecule has 2 rings (SSSR count). The van der Waals surface area contributed by atoms with E-state index in [0.717, 1.165) is 16.9 Å². The van der Waals surface area contributed by atoms with Gasteiger partial charge in [0.15, 0.2) is 0 Å². The van der Waals surface area contributed by atoms with E-state index in [2.05, 4.69) is 45.3 Å². The predicted octanol–water partition coefficient (Wildman–Crippen LogP) is 4.08. The monoisotopic (exact) mass is 296 g/mol. The molecule has 0 aliphatic heterocycles. The normalized spacial score (nSPS) is 18.5. The number of halogens is 1. The fourth-order valence-corrected chi connectivity index (χ4v) is 2.91. The summed E-state index contributed by atoms with van der Waals surface area (Å²) in [5, 5.41) is 3.67. The summed E-state index contributed by atoms with van der Waals surface area (Å²) >= 11 is 3.45. The van der Waals surface area contributed by atoms with Crippen LogP contribution in [-0.4, -0.2) is 11.5 Å². The van der Waals surface area contributed by atoms with Gasteiger partial charge in [0.1, 0.15) is 0 Å². The van der Waals surface area contributed by atoms with Crippen LogP contribution in [0.5, 0.6) is 0 Å². The number of nitrogens with zero attached hydrogens (tertiary/aromatic N) is 1. The average molecular weight is 297 g/mol. The highest BCUT2D eigenvalue weighted by Crippen LogP contribution is 2.35. The van der Waals surface area contributed by atoms with Crippen molar-refractivity contribution in [3.8, 4) is 0 Å². The second-order valence-corrected chi connectivity index (χ2v) is 5.79. The van der Waals surface area contributed by atoms with Gasteiger partial charge >= 0.3 is 0 Å². The maximum Gasteiger partial charge on any atom is 0.0576 e. The zero-order valence-corrected chi connectivity index (χ0v) is 12.0. The minimum atomic E-state index is 0.450. The average Bonchev–Trinajstić information content (AvgIpc) is 2.85. The van der Waals surface area contributed by atoms with Gasteiger partial charge < -0.3 is 5.32 Å². The van der Waals surface area contributed by atoms with Gasteiger partial charge in [0.2, 0.25) is 0 Å². The summed E-state index contributed by atoms with van der Waals surface area (Å²) in [5.41, 5.74) is 1.20. The van der Waals surface area contributed by atoms with Gasteiger partial charge in [0, 0.05) is 10.7 Å². The van der Waals surface area contributed by atoms with E-state index < -0.39 is 0 Å². The fourth-order valence-electron chi connectivity index (χ4n) is 2.67. The van der Waals surface area contributed by atoms with E-state index in [9.17, 15) is 0 Å². The molecule has 1 unspecified atom stereocenters. The van der Waals surface area contributed by atoms with E-state index in [1.54, 1.807) is 0 Å². The van der Waals surface area contributed by atoms with Crippen LogP contribution < -0.4 is 5.32 Å². The third kappa shape index (κ3) is 3.52. The zero-order chi connectivity index (χ0) is 12.1. The molecule has 1 aliphatic rings. The molecule has 0 amide bonds. The van der Waals surface area contributed by atoms with Crippen LogP contribution in [0.15, 0.2) is 22.8 Å². The molecule has 0 radical (unpaired) electrons. The van der Waals surface area contributed by atoms with E-state index in [0.29, 0.717) is 6.04 Å². The summed E-state index contributed by atoms with van der Waals surface area (Å²) in [7, 11) is 0. The number of aromatic nitrogens is 1. The number of pyridine rings is 1. The number of rotatable bonds is 5. The third-order valence-corrected chi connectivity index (χ3v) is 4.02. The molecule has 0 spiro atoms. The Balaban J connectivity index is 2.10. The molecule has 1 aliphatic carbocycles. The van der Waals surface area contributed by atoms with Crippen LogP contribution >= 0.6 is 15.9 Å². The molecule has 0 aromatic carbocycles. The van der Waals surface area contributed by atoms with Crippen molar-refractivity contribution in [2.45, 2.75) is 45.1 Å². The minimum absolute atomic E-state index is 0.450. The maximum atomic E-state index is 4.57. The zero-order valence-electron chi connectivity index (χ0n) is 10.5. The maximum absolute atomic E-state index is 4.57. The highest BCUT2D eigenvalue weighted by molar-refractivity contribution is 9.10. The Kier molecular flexibility index (Phi) is 4.99. The van der Waals surface area contributed by atoms with E-state index in [1.807, 2.05) is 6.20 Å². The number of hydrogen-bond acceptors (Lipinski definition) is 2. The molecule has 0 saturated heterocycles. The van der Waals surface area contributed by atoms with Crippen LogP contribution in [0.2, 0.25) is 0 Å². The molecule has 1 saturated carbocycles. The Bertz CT molecular complexity index is 331. The van der Waals surface area contributed by atoms with Gasteiger partial charge in [-0.2, -0.15) is 0 Å². The topological polar surface area (TPSA) is 24.9 Å². The quantitative estimate of drug-likeness (QED) is 0.886. The smallest absolute Gasteiger partial charge is 0.0576 e. The van der Waals surface area contributed by atoms with Crippen molar-refractivity contribution in [2.75, 3.05) is 6.54 Å². The lowest BCUT2D eigenvalue weighted by Crippen LogP contribution is -2.28. The van der Waals surface area contributed by atoms with E-state index in [1.165, 1.54) is 37.8 Å². The lowest BCUT2D eigenvalue weighted by Gasteiger charge is -2.24.